The Morgan fingerprint density at radius 3 is 2.75 bits per heavy atom. The molecule has 0 saturated heterocycles. The summed E-state index contributed by atoms with van der Waals surface area (Å²) in [6.45, 7) is 2.51. The molecule has 0 bridgehead atoms. The summed E-state index contributed by atoms with van der Waals surface area (Å²) in [5.74, 6) is 0. The van der Waals surface area contributed by atoms with E-state index in [-0.39, 0.29) is 0 Å². The minimum atomic E-state index is -0.452. The molecule has 3 heteroatoms. The summed E-state index contributed by atoms with van der Waals surface area (Å²) in [6.07, 6.45) is 1.45. The molecule has 0 aliphatic rings. The van der Waals surface area contributed by atoms with Crippen molar-refractivity contribution < 1.29 is 5.11 Å². The molecule has 0 saturated carbocycles. The maximum atomic E-state index is 9.61. The number of aromatic amines is 1. The Bertz CT molecular complexity index is 435. The Labute approximate surface area is 95.1 Å². The van der Waals surface area contributed by atoms with Gasteiger partial charge in [-0.3, -0.25) is 0 Å². The van der Waals surface area contributed by atoms with Crippen molar-refractivity contribution in [2.45, 2.75) is 19.6 Å². The zero-order chi connectivity index (χ0) is 11.4. The summed E-state index contributed by atoms with van der Waals surface area (Å²) < 4.78 is 0. The minimum absolute atomic E-state index is 0.452. The topological polar surface area (TPSA) is 48.0 Å². The smallest absolute Gasteiger partial charge is 0.0781 e. The SMILES string of the molecule is CC(O)c1ccccc1NCc1ccc[nH]1. The van der Waals surface area contributed by atoms with Gasteiger partial charge in [0.25, 0.3) is 0 Å². The molecule has 16 heavy (non-hydrogen) atoms. The summed E-state index contributed by atoms with van der Waals surface area (Å²) >= 11 is 0. The fourth-order valence-electron chi connectivity index (χ4n) is 1.69. The van der Waals surface area contributed by atoms with E-state index in [2.05, 4.69) is 10.3 Å². The van der Waals surface area contributed by atoms with Gasteiger partial charge in [0.15, 0.2) is 0 Å². The van der Waals surface area contributed by atoms with Crippen molar-refractivity contribution >= 4 is 5.69 Å². The first-order valence-electron chi connectivity index (χ1n) is 5.40. The van der Waals surface area contributed by atoms with E-state index in [1.165, 1.54) is 0 Å². The molecule has 2 rings (SSSR count). The van der Waals surface area contributed by atoms with E-state index >= 15 is 0 Å². The molecule has 0 amide bonds. The van der Waals surface area contributed by atoms with Crippen molar-refractivity contribution in [2.24, 2.45) is 0 Å². The molecule has 0 aliphatic carbocycles. The van der Waals surface area contributed by atoms with Crippen LogP contribution in [0.2, 0.25) is 0 Å². The molecule has 3 nitrogen and oxygen atoms in total. The molecule has 1 unspecified atom stereocenters. The molecule has 1 aromatic heterocycles. The molecule has 0 spiro atoms. The van der Waals surface area contributed by atoms with Crippen LogP contribution in [0.5, 0.6) is 0 Å². The number of rotatable bonds is 4. The predicted octanol–water partition coefficient (Wildman–Crippen LogP) is 2.68. The summed E-state index contributed by atoms with van der Waals surface area (Å²) in [5, 5.41) is 12.9. The highest BCUT2D eigenvalue weighted by molar-refractivity contribution is 5.52. The van der Waals surface area contributed by atoms with Gasteiger partial charge in [0, 0.05) is 23.1 Å². The lowest BCUT2D eigenvalue weighted by atomic mass is 10.1. The monoisotopic (exact) mass is 216 g/mol. The molecular formula is C13H16N2O. The lowest BCUT2D eigenvalue weighted by Crippen LogP contribution is -2.04. The number of hydrogen-bond donors (Lipinski definition) is 3. The Hall–Kier alpha value is -1.74. The molecule has 2 aromatic rings. The second-order valence-electron chi connectivity index (χ2n) is 3.81. The van der Waals surface area contributed by atoms with E-state index in [4.69, 9.17) is 0 Å². The van der Waals surface area contributed by atoms with Crippen molar-refractivity contribution in [1.29, 1.82) is 0 Å². The van der Waals surface area contributed by atoms with Gasteiger partial charge in [-0.05, 0) is 25.1 Å². The highest BCUT2D eigenvalue weighted by Gasteiger charge is 2.06. The number of benzene rings is 1. The average Bonchev–Trinajstić information content (AvgIpc) is 2.79. The quantitative estimate of drug-likeness (QED) is 0.736. The van der Waals surface area contributed by atoms with Gasteiger partial charge in [-0.2, -0.15) is 0 Å². The van der Waals surface area contributed by atoms with E-state index in [0.29, 0.717) is 0 Å². The summed E-state index contributed by atoms with van der Waals surface area (Å²) in [7, 11) is 0. The number of anilines is 1. The second-order valence-corrected chi connectivity index (χ2v) is 3.81. The van der Waals surface area contributed by atoms with Gasteiger partial charge in [-0.1, -0.05) is 18.2 Å². The molecule has 3 N–H and O–H groups in total. The van der Waals surface area contributed by atoms with Crippen LogP contribution in [-0.4, -0.2) is 10.1 Å². The van der Waals surface area contributed by atoms with Gasteiger partial charge in [0.2, 0.25) is 0 Å². The van der Waals surface area contributed by atoms with Gasteiger partial charge in [-0.15, -0.1) is 0 Å². The molecule has 0 radical (unpaired) electrons. The van der Waals surface area contributed by atoms with Gasteiger partial charge in [0.1, 0.15) is 0 Å². The number of aromatic nitrogens is 1. The Morgan fingerprint density at radius 1 is 1.25 bits per heavy atom. The molecular weight excluding hydrogens is 200 g/mol. The van der Waals surface area contributed by atoms with Crippen molar-refractivity contribution in [3.8, 4) is 0 Å². The highest BCUT2D eigenvalue weighted by atomic mass is 16.3. The lowest BCUT2D eigenvalue weighted by Gasteiger charge is -2.13. The number of aliphatic hydroxyl groups excluding tert-OH is 1. The van der Waals surface area contributed by atoms with Crippen LogP contribution < -0.4 is 5.32 Å². The molecule has 0 fully saturated rings. The minimum Gasteiger partial charge on any atom is -0.389 e. The summed E-state index contributed by atoms with van der Waals surface area (Å²) in [5.41, 5.74) is 3.03. The molecule has 0 aliphatic heterocycles. The van der Waals surface area contributed by atoms with Gasteiger partial charge in [-0.25, -0.2) is 0 Å². The molecule has 1 heterocycles. The van der Waals surface area contributed by atoms with E-state index in [1.807, 2.05) is 42.6 Å². The van der Waals surface area contributed by atoms with Crippen LogP contribution in [0.15, 0.2) is 42.6 Å². The third-order valence-corrected chi connectivity index (χ3v) is 2.54. The number of para-hydroxylation sites is 1. The third-order valence-electron chi connectivity index (χ3n) is 2.54. The predicted molar refractivity (Wildman–Crippen MR) is 65.2 cm³/mol. The van der Waals surface area contributed by atoms with E-state index in [9.17, 15) is 5.11 Å². The third kappa shape index (κ3) is 2.44. The Balaban J connectivity index is 2.09. The average molecular weight is 216 g/mol. The lowest BCUT2D eigenvalue weighted by molar-refractivity contribution is 0.200. The number of aliphatic hydroxyl groups is 1. The zero-order valence-corrected chi connectivity index (χ0v) is 9.27. The van der Waals surface area contributed by atoms with Crippen LogP contribution in [0, 0.1) is 0 Å². The van der Waals surface area contributed by atoms with Crippen LogP contribution in [0.25, 0.3) is 0 Å². The second kappa shape index (κ2) is 4.86. The van der Waals surface area contributed by atoms with Gasteiger partial charge < -0.3 is 15.4 Å². The fourth-order valence-corrected chi connectivity index (χ4v) is 1.69. The maximum Gasteiger partial charge on any atom is 0.0781 e. The van der Waals surface area contributed by atoms with Crippen molar-refractivity contribution in [2.75, 3.05) is 5.32 Å². The largest absolute Gasteiger partial charge is 0.389 e. The highest BCUT2D eigenvalue weighted by Crippen LogP contribution is 2.22. The van der Waals surface area contributed by atoms with E-state index < -0.39 is 6.10 Å². The first kappa shape index (κ1) is 10.8. The first-order valence-corrected chi connectivity index (χ1v) is 5.40. The summed E-state index contributed by atoms with van der Waals surface area (Å²) in [6, 6.07) is 11.8. The van der Waals surface area contributed by atoms with Crippen LogP contribution in [0.4, 0.5) is 5.69 Å². The number of nitrogens with one attached hydrogen (secondary N) is 2. The molecule has 84 valence electrons. The fraction of sp³-hybridized carbons (Fsp3) is 0.231. The van der Waals surface area contributed by atoms with E-state index in [1.54, 1.807) is 6.92 Å². The standard InChI is InChI=1S/C13H16N2O/c1-10(16)12-6-2-3-7-13(12)15-9-11-5-4-8-14-11/h2-8,10,14-16H,9H2,1H3. The number of hydrogen-bond acceptors (Lipinski definition) is 2. The molecule has 1 atom stereocenters. The Kier molecular flexibility index (Phi) is 3.27. The summed E-state index contributed by atoms with van der Waals surface area (Å²) in [4.78, 5) is 3.13. The van der Waals surface area contributed by atoms with Crippen molar-refractivity contribution in [3.05, 3.63) is 53.9 Å². The first-order chi connectivity index (χ1) is 7.77. The maximum absolute atomic E-state index is 9.61. The molecule has 1 aromatic carbocycles. The number of H-pyrrole nitrogens is 1. The Morgan fingerprint density at radius 2 is 2.06 bits per heavy atom. The normalized spacial score (nSPS) is 12.4. The zero-order valence-electron chi connectivity index (χ0n) is 9.27. The van der Waals surface area contributed by atoms with Crippen LogP contribution in [-0.2, 0) is 6.54 Å². The van der Waals surface area contributed by atoms with Gasteiger partial charge >= 0.3 is 0 Å². The van der Waals surface area contributed by atoms with Crippen molar-refractivity contribution in [1.82, 2.24) is 4.98 Å². The van der Waals surface area contributed by atoms with Crippen LogP contribution >= 0.6 is 0 Å². The van der Waals surface area contributed by atoms with Crippen LogP contribution in [0.3, 0.4) is 0 Å². The van der Waals surface area contributed by atoms with Crippen molar-refractivity contribution in [3.63, 3.8) is 0 Å². The van der Waals surface area contributed by atoms with Crippen LogP contribution in [0.1, 0.15) is 24.3 Å². The van der Waals surface area contributed by atoms with E-state index in [0.717, 1.165) is 23.5 Å². The van der Waals surface area contributed by atoms with Gasteiger partial charge in [0.05, 0.1) is 12.6 Å².